The van der Waals surface area contributed by atoms with Gasteiger partial charge < -0.3 is 4.90 Å². The lowest BCUT2D eigenvalue weighted by Crippen LogP contribution is -2.29. The minimum atomic E-state index is -3.71. The minimum absolute atomic E-state index is 0.0540. The monoisotopic (exact) mass is 440 g/mol. The standard InChI is InChI=1S/C23H21ClN2O3S/c1-16-20(24)8-5-9-22(16)30(28,29)25-15-17-10-11-18-12-13-26(21(18)14-17)23(27)19-6-3-2-4-7-19/h2-11,14,25H,12-13,15H2,1H3. The highest BCUT2D eigenvalue weighted by molar-refractivity contribution is 7.89. The molecular weight excluding hydrogens is 420 g/mol. The maximum Gasteiger partial charge on any atom is 0.258 e. The van der Waals surface area contributed by atoms with E-state index >= 15 is 0 Å². The fourth-order valence-corrected chi connectivity index (χ4v) is 5.13. The van der Waals surface area contributed by atoms with Crippen molar-refractivity contribution in [2.75, 3.05) is 11.4 Å². The molecule has 0 unspecified atom stereocenters. The minimum Gasteiger partial charge on any atom is -0.308 e. The van der Waals surface area contributed by atoms with Crippen LogP contribution in [0.1, 0.15) is 27.0 Å². The van der Waals surface area contributed by atoms with Crippen molar-refractivity contribution in [2.45, 2.75) is 24.8 Å². The van der Waals surface area contributed by atoms with Crippen LogP contribution in [0.25, 0.3) is 0 Å². The molecule has 3 aromatic carbocycles. The summed E-state index contributed by atoms with van der Waals surface area (Å²) in [6.07, 6.45) is 0.779. The van der Waals surface area contributed by atoms with Gasteiger partial charge >= 0.3 is 0 Å². The Hall–Kier alpha value is -2.67. The van der Waals surface area contributed by atoms with Crippen LogP contribution in [-0.4, -0.2) is 20.9 Å². The number of carbonyl (C=O) groups is 1. The van der Waals surface area contributed by atoms with Crippen molar-refractivity contribution in [2.24, 2.45) is 0 Å². The normalized spacial score (nSPS) is 13.3. The second kappa shape index (κ2) is 8.22. The van der Waals surface area contributed by atoms with Gasteiger partial charge in [-0.3, -0.25) is 4.79 Å². The first-order valence-corrected chi connectivity index (χ1v) is 11.5. The summed E-state index contributed by atoms with van der Waals surface area (Å²) in [6, 6.07) is 19.7. The average Bonchev–Trinajstić information content (AvgIpc) is 3.17. The largest absolute Gasteiger partial charge is 0.308 e. The predicted octanol–water partition coefficient (Wildman–Crippen LogP) is 4.33. The number of amides is 1. The highest BCUT2D eigenvalue weighted by atomic mass is 35.5. The van der Waals surface area contributed by atoms with Gasteiger partial charge in [-0.2, -0.15) is 0 Å². The molecule has 0 saturated carbocycles. The number of rotatable bonds is 5. The Balaban J connectivity index is 1.55. The van der Waals surface area contributed by atoms with Crippen molar-refractivity contribution in [3.63, 3.8) is 0 Å². The van der Waals surface area contributed by atoms with E-state index in [1.54, 1.807) is 36.1 Å². The summed E-state index contributed by atoms with van der Waals surface area (Å²) in [5.41, 5.74) is 3.84. The van der Waals surface area contributed by atoms with Crippen molar-refractivity contribution < 1.29 is 13.2 Å². The highest BCUT2D eigenvalue weighted by Crippen LogP contribution is 2.31. The van der Waals surface area contributed by atoms with Crippen molar-refractivity contribution in [3.8, 4) is 0 Å². The first-order chi connectivity index (χ1) is 14.4. The van der Waals surface area contributed by atoms with Gasteiger partial charge in [0, 0.05) is 29.4 Å². The molecule has 1 aliphatic rings. The molecule has 7 heteroatoms. The average molecular weight is 441 g/mol. The molecule has 0 fully saturated rings. The van der Waals surface area contributed by atoms with E-state index < -0.39 is 10.0 Å². The second-order valence-electron chi connectivity index (χ2n) is 7.22. The molecule has 4 rings (SSSR count). The summed E-state index contributed by atoms with van der Waals surface area (Å²) < 4.78 is 28.1. The Labute approximate surface area is 181 Å². The van der Waals surface area contributed by atoms with Gasteiger partial charge in [0.15, 0.2) is 0 Å². The van der Waals surface area contributed by atoms with Gasteiger partial charge in [-0.05, 0) is 60.4 Å². The Bertz CT molecular complexity index is 1210. The lowest BCUT2D eigenvalue weighted by molar-refractivity contribution is 0.0989. The number of hydrogen-bond acceptors (Lipinski definition) is 3. The number of anilines is 1. The zero-order chi connectivity index (χ0) is 21.3. The maximum absolute atomic E-state index is 12.9. The Morgan fingerprint density at radius 3 is 2.60 bits per heavy atom. The van der Waals surface area contributed by atoms with Gasteiger partial charge in [-0.1, -0.05) is 48.0 Å². The van der Waals surface area contributed by atoms with Gasteiger partial charge in [-0.15, -0.1) is 0 Å². The van der Waals surface area contributed by atoms with E-state index in [2.05, 4.69) is 4.72 Å². The summed E-state index contributed by atoms with van der Waals surface area (Å²) in [7, 11) is -3.71. The third-order valence-electron chi connectivity index (χ3n) is 5.28. The quantitative estimate of drug-likeness (QED) is 0.642. The summed E-state index contributed by atoms with van der Waals surface area (Å²) >= 11 is 6.07. The molecule has 0 radical (unpaired) electrons. The van der Waals surface area contributed by atoms with Gasteiger partial charge in [0.25, 0.3) is 5.91 Å². The number of nitrogens with zero attached hydrogens (tertiary/aromatic N) is 1. The molecule has 0 spiro atoms. The SMILES string of the molecule is Cc1c(Cl)cccc1S(=O)(=O)NCc1ccc2c(c1)N(C(=O)c1ccccc1)CC2. The van der Waals surface area contributed by atoms with Gasteiger partial charge in [0.1, 0.15) is 0 Å². The molecule has 0 aromatic heterocycles. The summed E-state index contributed by atoms with van der Waals surface area (Å²) in [6.45, 7) is 2.41. The molecule has 154 valence electrons. The topological polar surface area (TPSA) is 66.5 Å². The predicted molar refractivity (Wildman–Crippen MR) is 118 cm³/mol. The fourth-order valence-electron chi connectivity index (χ4n) is 3.62. The van der Waals surface area contributed by atoms with E-state index in [1.165, 1.54) is 6.07 Å². The zero-order valence-electron chi connectivity index (χ0n) is 16.4. The second-order valence-corrected chi connectivity index (χ2v) is 9.37. The summed E-state index contributed by atoms with van der Waals surface area (Å²) in [4.78, 5) is 14.8. The number of fused-ring (bicyclic) bond motifs is 1. The first-order valence-electron chi connectivity index (χ1n) is 9.60. The first kappa shape index (κ1) is 20.6. The van der Waals surface area contributed by atoms with E-state index in [0.717, 1.165) is 23.2 Å². The van der Waals surface area contributed by atoms with Crippen LogP contribution in [0.4, 0.5) is 5.69 Å². The van der Waals surface area contributed by atoms with Gasteiger partial charge in [-0.25, -0.2) is 13.1 Å². The number of halogens is 1. The summed E-state index contributed by atoms with van der Waals surface area (Å²) in [5, 5.41) is 0.408. The van der Waals surface area contributed by atoms with Gasteiger partial charge in [0.2, 0.25) is 10.0 Å². The van der Waals surface area contributed by atoms with Crippen LogP contribution in [0.15, 0.2) is 71.6 Å². The number of benzene rings is 3. The number of sulfonamides is 1. The van der Waals surface area contributed by atoms with E-state index in [0.29, 0.717) is 22.7 Å². The molecule has 3 aromatic rings. The molecule has 0 aliphatic carbocycles. The number of hydrogen-bond donors (Lipinski definition) is 1. The number of carbonyl (C=O) groups excluding carboxylic acids is 1. The molecule has 1 heterocycles. The van der Waals surface area contributed by atoms with Crippen LogP contribution in [0.5, 0.6) is 0 Å². The van der Waals surface area contributed by atoms with Crippen LogP contribution in [0.2, 0.25) is 5.02 Å². The fraction of sp³-hybridized carbons (Fsp3) is 0.174. The zero-order valence-corrected chi connectivity index (χ0v) is 18.0. The molecule has 1 N–H and O–H groups in total. The Morgan fingerprint density at radius 2 is 1.83 bits per heavy atom. The van der Waals surface area contributed by atoms with E-state index in [4.69, 9.17) is 11.6 Å². The van der Waals surface area contributed by atoms with E-state index in [9.17, 15) is 13.2 Å². The smallest absolute Gasteiger partial charge is 0.258 e. The maximum atomic E-state index is 12.9. The van der Waals surface area contributed by atoms with E-state index in [1.807, 2.05) is 36.4 Å². The third-order valence-corrected chi connectivity index (χ3v) is 7.24. The van der Waals surface area contributed by atoms with Crippen LogP contribution in [-0.2, 0) is 23.0 Å². The molecule has 0 saturated heterocycles. The molecule has 0 bridgehead atoms. The van der Waals surface area contributed by atoms with Crippen molar-refractivity contribution in [1.82, 2.24) is 4.72 Å². The molecule has 1 aliphatic heterocycles. The molecule has 1 amide bonds. The molecule has 5 nitrogen and oxygen atoms in total. The van der Waals surface area contributed by atoms with Crippen LogP contribution >= 0.6 is 11.6 Å². The van der Waals surface area contributed by atoms with Crippen molar-refractivity contribution in [1.29, 1.82) is 0 Å². The third kappa shape index (κ3) is 3.99. The van der Waals surface area contributed by atoms with Crippen molar-refractivity contribution >= 4 is 33.2 Å². The molecule has 0 atom stereocenters. The van der Waals surface area contributed by atoms with Crippen LogP contribution in [0, 0.1) is 6.92 Å². The highest BCUT2D eigenvalue weighted by Gasteiger charge is 2.26. The Morgan fingerprint density at radius 1 is 1.07 bits per heavy atom. The van der Waals surface area contributed by atoms with Gasteiger partial charge in [0.05, 0.1) is 4.90 Å². The number of nitrogens with one attached hydrogen (secondary N) is 1. The molecule has 30 heavy (non-hydrogen) atoms. The lowest BCUT2D eigenvalue weighted by Gasteiger charge is -2.18. The molecular formula is C23H21ClN2O3S. The van der Waals surface area contributed by atoms with Crippen LogP contribution in [0.3, 0.4) is 0 Å². The van der Waals surface area contributed by atoms with E-state index in [-0.39, 0.29) is 17.3 Å². The van der Waals surface area contributed by atoms with Crippen molar-refractivity contribution in [3.05, 3.63) is 94.0 Å². The lowest BCUT2D eigenvalue weighted by atomic mass is 10.1. The summed E-state index contributed by atoms with van der Waals surface area (Å²) in [5.74, 6) is -0.0540. The van der Waals surface area contributed by atoms with Crippen LogP contribution < -0.4 is 9.62 Å². The Kier molecular flexibility index (Phi) is 5.64.